The summed E-state index contributed by atoms with van der Waals surface area (Å²) < 4.78 is 49.7. The zero-order chi connectivity index (χ0) is 29.5. The number of unbranched alkanes of at least 4 members (excludes halogenated alkanes) is 1. The smallest absolute Gasteiger partial charge is 0.338 e. The van der Waals surface area contributed by atoms with Crippen molar-refractivity contribution in [2.24, 2.45) is 0 Å². The Morgan fingerprint density at radius 1 is 0.585 bits per heavy atom. The fourth-order valence-electron chi connectivity index (χ4n) is 3.11. The van der Waals surface area contributed by atoms with Gasteiger partial charge in [0.25, 0.3) is 0 Å². The Morgan fingerprint density at radius 2 is 0.951 bits per heavy atom. The molecule has 12 heteroatoms. The molecule has 41 heavy (non-hydrogen) atoms. The number of carbonyl (C=O) groups is 1. The van der Waals surface area contributed by atoms with Gasteiger partial charge in [0.15, 0.2) is 0 Å². The maximum atomic E-state index is 12.1. The van der Waals surface area contributed by atoms with Gasteiger partial charge in [0.1, 0.15) is 6.61 Å². The van der Waals surface area contributed by atoms with E-state index in [0.717, 1.165) is 36.1 Å². The van der Waals surface area contributed by atoms with E-state index in [0.29, 0.717) is 105 Å². The molecule has 0 bridgehead atoms. The molecule has 0 saturated heterocycles. The third-order valence-corrected chi connectivity index (χ3v) is 5.71. The van der Waals surface area contributed by atoms with Crippen LogP contribution >= 0.6 is 22.6 Å². The Kier molecular flexibility index (Phi) is 28.1. The summed E-state index contributed by atoms with van der Waals surface area (Å²) in [5.41, 5.74) is 1.52. The van der Waals surface area contributed by atoms with Crippen LogP contribution in [0, 0.1) is 0 Å². The van der Waals surface area contributed by atoms with Crippen LogP contribution in [0.1, 0.15) is 30.1 Å². The topological polar surface area (TPSA) is 112 Å². The molecule has 0 heterocycles. The number of rotatable bonds is 31. The molecule has 1 N–H and O–H groups in total. The maximum absolute atomic E-state index is 12.1. The lowest BCUT2D eigenvalue weighted by molar-refractivity contribution is -0.0241. The van der Waals surface area contributed by atoms with Crippen molar-refractivity contribution in [1.29, 1.82) is 0 Å². The third kappa shape index (κ3) is 25.1. The highest BCUT2D eigenvalue weighted by molar-refractivity contribution is 14.1. The lowest BCUT2D eigenvalue weighted by Crippen LogP contribution is -2.15. The van der Waals surface area contributed by atoms with E-state index in [1.165, 1.54) is 0 Å². The van der Waals surface area contributed by atoms with Gasteiger partial charge in [0.2, 0.25) is 0 Å². The van der Waals surface area contributed by atoms with Crippen molar-refractivity contribution in [1.82, 2.24) is 0 Å². The molecule has 0 amide bonds. The lowest BCUT2D eigenvalue weighted by Gasteiger charge is -2.09. The van der Waals surface area contributed by atoms with E-state index in [-0.39, 0.29) is 12.6 Å². The number of hydrogen-bond acceptors (Lipinski definition) is 11. The Balaban J connectivity index is 1.75. The Morgan fingerprint density at radius 3 is 1.32 bits per heavy atom. The number of anilines is 1. The molecule has 0 atom stereocenters. The number of alkyl halides is 1. The van der Waals surface area contributed by atoms with Gasteiger partial charge in [0.05, 0.1) is 111 Å². The zero-order valence-corrected chi connectivity index (χ0v) is 26.8. The summed E-state index contributed by atoms with van der Waals surface area (Å²) in [4.78, 5) is 12.1. The first-order chi connectivity index (χ1) is 20.3. The summed E-state index contributed by atoms with van der Waals surface area (Å²) in [5, 5.41) is 3.32. The predicted molar refractivity (Wildman–Crippen MR) is 166 cm³/mol. The molecule has 0 fully saturated rings. The van der Waals surface area contributed by atoms with Crippen LogP contribution in [-0.4, -0.2) is 129 Å². The van der Waals surface area contributed by atoms with Gasteiger partial charge in [-0.1, -0.05) is 35.9 Å². The number of esters is 1. The minimum Gasteiger partial charge on any atom is -0.460 e. The summed E-state index contributed by atoms with van der Waals surface area (Å²) in [5.74, 6) is -0.356. The summed E-state index contributed by atoms with van der Waals surface area (Å²) >= 11 is 2.27. The summed E-state index contributed by atoms with van der Waals surface area (Å²) in [6, 6.07) is 7.30. The first-order valence-corrected chi connectivity index (χ1v) is 16.0. The standard InChI is InChI=1S/C29H50INO10/c1-2-3-9-31-28-6-4-27(5-7-28)29(32)41-26-25-40-24-23-39-22-21-38-20-19-37-18-17-36-16-15-35-14-13-34-12-11-33-10-8-30/h4-7,31H,2-3,8-26H2,1H3. The number of hydrogen-bond donors (Lipinski definition) is 1. The molecule has 238 valence electrons. The molecular weight excluding hydrogens is 649 g/mol. The second-order valence-electron chi connectivity index (χ2n) is 8.58. The fourth-order valence-corrected chi connectivity index (χ4v) is 3.42. The van der Waals surface area contributed by atoms with Gasteiger partial charge in [-0.3, -0.25) is 0 Å². The van der Waals surface area contributed by atoms with E-state index in [4.69, 9.17) is 42.6 Å². The molecule has 0 aliphatic rings. The average molecular weight is 700 g/mol. The normalized spacial score (nSPS) is 11.2. The molecule has 0 radical (unpaired) electrons. The first kappa shape index (κ1) is 37.9. The van der Waals surface area contributed by atoms with Crippen LogP contribution in [0.15, 0.2) is 24.3 Å². The van der Waals surface area contributed by atoms with E-state index in [1.54, 1.807) is 12.1 Å². The second-order valence-corrected chi connectivity index (χ2v) is 9.66. The molecule has 0 saturated carbocycles. The molecule has 0 unspecified atom stereocenters. The van der Waals surface area contributed by atoms with Crippen LogP contribution in [0.5, 0.6) is 0 Å². The highest BCUT2D eigenvalue weighted by Crippen LogP contribution is 2.10. The van der Waals surface area contributed by atoms with Crippen LogP contribution in [-0.2, 0) is 42.6 Å². The molecule has 0 spiro atoms. The van der Waals surface area contributed by atoms with Gasteiger partial charge in [-0.2, -0.15) is 0 Å². The molecule has 0 aliphatic carbocycles. The highest BCUT2D eigenvalue weighted by atomic mass is 127. The van der Waals surface area contributed by atoms with Crippen molar-refractivity contribution in [2.75, 3.05) is 129 Å². The van der Waals surface area contributed by atoms with Crippen LogP contribution in [0.25, 0.3) is 0 Å². The SMILES string of the molecule is CCCCNc1ccc(C(=O)OCCOCCOCCOCCOCCOCCOCCOCCOCCI)cc1. The Labute approximate surface area is 259 Å². The Hall–Kier alpha value is -1.10. The van der Waals surface area contributed by atoms with Crippen molar-refractivity contribution in [3.8, 4) is 0 Å². The van der Waals surface area contributed by atoms with Crippen molar-refractivity contribution < 1.29 is 47.4 Å². The molecule has 1 aromatic rings. The quantitative estimate of drug-likeness (QED) is 0.0531. The predicted octanol–water partition coefficient (Wildman–Crippen LogP) is 3.62. The largest absolute Gasteiger partial charge is 0.460 e. The van der Waals surface area contributed by atoms with E-state index in [1.807, 2.05) is 12.1 Å². The van der Waals surface area contributed by atoms with Crippen molar-refractivity contribution >= 4 is 34.2 Å². The Bertz CT molecular complexity index is 699. The van der Waals surface area contributed by atoms with E-state index in [9.17, 15) is 4.79 Å². The van der Waals surface area contributed by atoms with Gasteiger partial charge >= 0.3 is 5.97 Å². The maximum Gasteiger partial charge on any atom is 0.338 e. The van der Waals surface area contributed by atoms with Gasteiger partial charge in [-0.15, -0.1) is 0 Å². The molecular formula is C29H50INO10. The third-order valence-electron chi connectivity index (χ3n) is 5.27. The van der Waals surface area contributed by atoms with E-state index < -0.39 is 0 Å². The summed E-state index contributed by atoms with van der Waals surface area (Å²) in [6.07, 6.45) is 2.25. The first-order valence-electron chi connectivity index (χ1n) is 14.5. The van der Waals surface area contributed by atoms with Gasteiger partial charge in [-0.05, 0) is 30.7 Å². The van der Waals surface area contributed by atoms with Gasteiger partial charge in [-0.25, -0.2) is 4.79 Å². The number of halogens is 1. The minimum atomic E-state index is -0.356. The van der Waals surface area contributed by atoms with Crippen molar-refractivity contribution in [2.45, 2.75) is 19.8 Å². The van der Waals surface area contributed by atoms with Crippen LogP contribution in [0.2, 0.25) is 0 Å². The molecule has 0 aromatic heterocycles. The van der Waals surface area contributed by atoms with Crippen LogP contribution < -0.4 is 5.32 Å². The molecule has 0 aliphatic heterocycles. The van der Waals surface area contributed by atoms with Crippen LogP contribution in [0.3, 0.4) is 0 Å². The number of ether oxygens (including phenoxy) is 9. The molecule has 1 aromatic carbocycles. The van der Waals surface area contributed by atoms with Crippen molar-refractivity contribution in [3.63, 3.8) is 0 Å². The average Bonchev–Trinajstić information content (AvgIpc) is 2.99. The number of carbonyl (C=O) groups excluding carboxylic acids is 1. The number of benzene rings is 1. The van der Waals surface area contributed by atoms with E-state index in [2.05, 4.69) is 34.8 Å². The second kappa shape index (κ2) is 30.4. The van der Waals surface area contributed by atoms with Crippen LogP contribution in [0.4, 0.5) is 5.69 Å². The highest BCUT2D eigenvalue weighted by Gasteiger charge is 2.06. The van der Waals surface area contributed by atoms with E-state index >= 15 is 0 Å². The monoisotopic (exact) mass is 699 g/mol. The lowest BCUT2D eigenvalue weighted by atomic mass is 10.2. The van der Waals surface area contributed by atoms with Gasteiger partial charge in [0, 0.05) is 16.7 Å². The zero-order valence-electron chi connectivity index (χ0n) is 24.6. The van der Waals surface area contributed by atoms with Gasteiger partial charge < -0.3 is 47.9 Å². The fraction of sp³-hybridized carbons (Fsp3) is 0.759. The summed E-state index contributed by atoms with van der Waals surface area (Å²) in [7, 11) is 0. The molecule has 11 nitrogen and oxygen atoms in total. The minimum absolute atomic E-state index is 0.197. The molecule has 1 rings (SSSR count). The summed E-state index contributed by atoms with van der Waals surface area (Å²) in [6.45, 7) is 11.6. The number of nitrogens with one attached hydrogen (secondary N) is 1. The van der Waals surface area contributed by atoms with Crippen molar-refractivity contribution in [3.05, 3.63) is 29.8 Å².